The molecule has 3 N–H and O–H groups in total. The van der Waals surface area contributed by atoms with E-state index in [9.17, 15) is 9.18 Å². The SMILES string of the molecule is O=C(NCCc1c[nH]c2ccc(F)cc12)C1CCCN(c2nc(Cl)nc3nc[nH]c23)C1. The fourth-order valence-electron chi connectivity index (χ4n) is 4.23. The van der Waals surface area contributed by atoms with E-state index in [1.807, 2.05) is 6.20 Å². The third-order valence-corrected chi connectivity index (χ3v) is 5.92. The first-order valence-corrected chi connectivity index (χ1v) is 10.6. The molecule has 5 rings (SSSR count). The largest absolute Gasteiger partial charge is 0.361 e. The molecule has 1 atom stereocenters. The van der Waals surface area contributed by atoms with Crippen molar-refractivity contribution in [3.8, 4) is 0 Å². The van der Waals surface area contributed by atoms with Crippen molar-refractivity contribution in [2.24, 2.45) is 5.92 Å². The van der Waals surface area contributed by atoms with Crippen molar-refractivity contribution in [3.63, 3.8) is 0 Å². The number of anilines is 1. The molecule has 1 aliphatic heterocycles. The van der Waals surface area contributed by atoms with Gasteiger partial charge in [0.1, 0.15) is 11.3 Å². The number of piperidine rings is 1. The number of benzene rings is 1. The molecule has 0 spiro atoms. The predicted octanol–water partition coefficient (Wildman–Crippen LogP) is 3.20. The summed E-state index contributed by atoms with van der Waals surface area (Å²) in [6.45, 7) is 1.82. The minimum absolute atomic E-state index is 0.0109. The number of hydrogen-bond acceptors (Lipinski definition) is 5. The smallest absolute Gasteiger partial charge is 0.226 e. The Morgan fingerprint density at radius 2 is 2.23 bits per heavy atom. The summed E-state index contributed by atoms with van der Waals surface area (Å²) in [5, 5.41) is 4.02. The molecule has 1 unspecified atom stereocenters. The summed E-state index contributed by atoms with van der Waals surface area (Å²) in [6, 6.07) is 4.67. The van der Waals surface area contributed by atoms with Gasteiger partial charge in [-0.2, -0.15) is 9.97 Å². The lowest BCUT2D eigenvalue weighted by molar-refractivity contribution is -0.125. The van der Waals surface area contributed by atoms with Gasteiger partial charge in [-0.05, 0) is 54.6 Å². The van der Waals surface area contributed by atoms with Gasteiger partial charge in [0.25, 0.3) is 0 Å². The monoisotopic (exact) mass is 441 g/mol. The number of halogens is 2. The van der Waals surface area contributed by atoms with Crippen molar-refractivity contribution in [3.05, 3.63) is 47.4 Å². The second kappa shape index (κ2) is 8.14. The molecule has 0 radical (unpaired) electrons. The lowest BCUT2D eigenvalue weighted by Gasteiger charge is -2.33. The Balaban J connectivity index is 1.23. The summed E-state index contributed by atoms with van der Waals surface area (Å²) >= 11 is 6.06. The molecule has 8 nitrogen and oxygen atoms in total. The number of carbonyl (C=O) groups is 1. The summed E-state index contributed by atoms with van der Waals surface area (Å²) in [6.07, 6.45) is 5.74. The van der Waals surface area contributed by atoms with Crippen LogP contribution in [0.15, 0.2) is 30.7 Å². The maximum atomic E-state index is 13.6. The van der Waals surface area contributed by atoms with Gasteiger partial charge in [0.05, 0.1) is 12.2 Å². The summed E-state index contributed by atoms with van der Waals surface area (Å²) in [4.78, 5) is 33.7. The van der Waals surface area contributed by atoms with Gasteiger partial charge in [0, 0.05) is 36.7 Å². The zero-order chi connectivity index (χ0) is 21.4. The highest BCUT2D eigenvalue weighted by atomic mass is 35.5. The van der Waals surface area contributed by atoms with Crippen LogP contribution in [0.3, 0.4) is 0 Å². The van der Waals surface area contributed by atoms with Gasteiger partial charge >= 0.3 is 0 Å². The van der Waals surface area contributed by atoms with Crippen molar-refractivity contribution in [1.29, 1.82) is 0 Å². The number of nitrogens with one attached hydrogen (secondary N) is 3. The van der Waals surface area contributed by atoms with Crippen LogP contribution >= 0.6 is 11.6 Å². The number of aromatic amines is 2. The van der Waals surface area contributed by atoms with Gasteiger partial charge in [0.2, 0.25) is 11.2 Å². The molecular weight excluding hydrogens is 421 g/mol. The van der Waals surface area contributed by atoms with E-state index in [4.69, 9.17) is 11.6 Å². The Labute approximate surface area is 182 Å². The predicted molar refractivity (Wildman–Crippen MR) is 117 cm³/mol. The number of amides is 1. The minimum atomic E-state index is -0.268. The van der Waals surface area contributed by atoms with Crippen molar-refractivity contribution < 1.29 is 9.18 Å². The van der Waals surface area contributed by atoms with Crippen molar-refractivity contribution in [2.45, 2.75) is 19.3 Å². The van der Waals surface area contributed by atoms with Crippen LogP contribution in [-0.2, 0) is 11.2 Å². The molecule has 1 aliphatic rings. The molecule has 1 fully saturated rings. The molecule has 1 saturated heterocycles. The van der Waals surface area contributed by atoms with Gasteiger partial charge < -0.3 is 20.2 Å². The molecule has 3 aromatic heterocycles. The summed E-state index contributed by atoms with van der Waals surface area (Å²) < 4.78 is 13.6. The van der Waals surface area contributed by atoms with Crippen LogP contribution in [0.1, 0.15) is 18.4 Å². The van der Waals surface area contributed by atoms with Crippen LogP contribution < -0.4 is 10.2 Å². The first kappa shape index (κ1) is 19.7. The number of nitrogens with zero attached hydrogens (tertiary/aromatic N) is 4. The standard InChI is InChI=1S/C21H21ClFN7O/c22-21-28-18-17(26-11-27-18)19(29-21)30-7-1-2-13(10-30)20(31)24-6-5-12-9-25-16-4-3-14(23)8-15(12)16/h3-4,8-9,11,13,25H,1-2,5-7,10H2,(H,24,31)(H,26,27,28,29). The Hall–Kier alpha value is -3.20. The summed E-state index contributed by atoms with van der Waals surface area (Å²) in [5.74, 6) is 0.263. The molecule has 4 heterocycles. The highest BCUT2D eigenvalue weighted by molar-refractivity contribution is 6.28. The fourth-order valence-corrected chi connectivity index (χ4v) is 4.39. The first-order valence-electron chi connectivity index (χ1n) is 10.2. The molecule has 10 heteroatoms. The number of fused-ring (bicyclic) bond motifs is 2. The van der Waals surface area contributed by atoms with Crippen molar-refractivity contribution in [1.82, 2.24) is 30.2 Å². The number of H-pyrrole nitrogens is 2. The van der Waals surface area contributed by atoms with E-state index in [2.05, 4.69) is 35.1 Å². The van der Waals surface area contributed by atoms with Crippen LogP contribution in [0, 0.1) is 11.7 Å². The number of carbonyl (C=O) groups excluding carboxylic acids is 1. The van der Waals surface area contributed by atoms with E-state index in [-0.39, 0.29) is 22.9 Å². The minimum Gasteiger partial charge on any atom is -0.361 e. The van der Waals surface area contributed by atoms with Crippen LogP contribution in [0.25, 0.3) is 22.1 Å². The van der Waals surface area contributed by atoms with Gasteiger partial charge in [0.15, 0.2) is 11.5 Å². The lowest BCUT2D eigenvalue weighted by Crippen LogP contribution is -2.44. The van der Waals surface area contributed by atoms with Crippen LogP contribution in [0.2, 0.25) is 5.28 Å². The fraction of sp³-hybridized carbons (Fsp3) is 0.333. The quantitative estimate of drug-likeness (QED) is 0.413. The molecule has 31 heavy (non-hydrogen) atoms. The van der Waals surface area contributed by atoms with Crippen LogP contribution in [-0.4, -0.2) is 50.5 Å². The molecule has 1 amide bonds. The molecule has 1 aromatic carbocycles. The van der Waals surface area contributed by atoms with Crippen molar-refractivity contribution in [2.75, 3.05) is 24.5 Å². The molecule has 4 aromatic rings. The molecule has 0 saturated carbocycles. The Kier molecular flexibility index (Phi) is 5.19. The normalized spacial score (nSPS) is 16.8. The average molecular weight is 442 g/mol. The van der Waals surface area contributed by atoms with E-state index < -0.39 is 0 Å². The van der Waals surface area contributed by atoms with Crippen molar-refractivity contribution >= 4 is 45.4 Å². The van der Waals surface area contributed by atoms with Gasteiger partial charge in [-0.15, -0.1) is 0 Å². The van der Waals surface area contributed by atoms with E-state index in [1.165, 1.54) is 12.1 Å². The molecule has 0 aliphatic carbocycles. The van der Waals surface area contributed by atoms with E-state index in [1.54, 1.807) is 12.4 Å². The maximum absolute atomic E-state index is 13.6. The molecular formula is C21H21ClFN7O. The van der Waals surface area contributed by atoms with E-state index in [0.29, 0.717) is 31.0 Å². The molecule has 0 bridgehead atoms. The Bertz CT molecular complexity index is 1250. The number of hydrogen-bond donors (Lipinski definition) is 3. The third-order valence-electron chi connectivity index (χ3n) is 5.75. The lowest BCUT2D eigenvalue weighted by atomic mass is 9.97. The zero-order valence-electron chi connectivity index (χ0n) is 16.7. The average Bonchev–Trinajstić information content (AvgIpc) is 3.40. The number of imidazole rings is 1. The number of rotatable bonds is 5. The first-order chi connectivity index (χ1) is 15.1. The van der Waals surface area contributed by atoms with Gasteiger partial charge in [-0.3, -0.25) is 4.79 Å². The maximum Gasteiger partial charge on any atom is 0.226 e. The van der Waals surface area contributed by atoms with Crippen LogP contribution in [0.5, 0.6) is 0 Å². The Morgan fingerprint density at radius 1 is 1.32 bits per heavy atom. The highest BCUT2D eigenvalue weighted by Gasteiger charge is 2.28. The molecule has 160 valence electrons. The van der Waals surface area contributed by atoms with E-state index in [0.717, 1.165) is 41.4 Å². The van der Waals surface area contributed by atoms with Gasteiger partial charge in [-0.25, -0.2) is 9.37 Å². The topological polar surface area (TPSA) is 103 Å². The summed E-state index contributed by atoms with van der Waals surface area (Å²) in [7, 11) is 0. The summed E-state index contributed by atoms with van der Waals surface area (Å²) in [5.41, 5.74) is 3.10. The highest BCUT2D eigenvalue weighted by Crippen LogP contribution is 2.27. The number of aromatic nitrogens is 5. The van der Waals surface area contributed by atoms with E-state index >= 15 is 0 Å². The van der Waals surface area contributed by atoms with Gasteiger partial charge in [-0.1, -0.05) is 0 Å². The van der Waals surface area contributed by atoms with Crippen LogP contribution in [0.4, 0.5) is 10.2 Å². The second-order valence-corrected chi connectivity index (χ2v) is 8.09. The third kappa shape index (κ3) is 3.93. The second-order valence-electron chi connectivity index (χ2n) is 7.75. The Morgan fingerprint density at radius 3 is 3.13 bits per heavy atom. The zero-order valence-corrected chi connectivity index (χ0v) is 17.4.